The Hall–Kier alpha value is -4.23. The van der Waals surface area contributed by atoms with Gasteiger partial charge in [-0.1, -0.05) is 35.5 Å². The number of hydrogen-bond donors (Lipinski definition) is 2. The topological polar surface area (TPSA) is 122 Å². The fourth-order valence-electron chi connectivity index (χ4n) is 5.79. The molecule has 0 radical (unpaired) electrons. The molecule has 0 aliphatic heterocycles. The van der Waals surface area contributed by atoms with Crippen LogP contribution in [0.3, 0.4) is 0 Å². The first kappa shape index (κ1) is 33.7. The second-order valence-corrected chi connectivity index (χ2v) is 11.3. The van der Waals surface area contributed by atoms with Gasteiger partial charge in [0.15, 0.2) is 11.6 Å². The number of aromatic nitrogens is 4. The van der Waals surface area contributed by atoms with Crippen LogP contribution in [-0.2, 0) is 12.0 Å². The third-order valence-corrected chi connectivity index (χ3v) is 7.92. The first-order valence-electron chi connectivity index (χ1n) is 14.8. The molecule has 3 aromatic rings. The van der Waals surface area contributed by atoms with E-state index in [0.717, 1.165) is 0 Å². The Labute approximate surface area is 258 Å². The van der Waals surface area contributed by atoms with Crippen LogP contribution >= 0.6 is 0 Å². The van der Waals surface area contributed by atoms with E-state index in [-0.39, 0.29) is 41.9 Å². The highest BCUT2D eigenvalue weighted by Gasteiger charge is 2.61. The summed E-state index contributed by atoms with van der Waals surface area (Å²) in [6, 6.07) is 8.08. The zero-order valence-corrected chi connectivity index (χ0v) is 25.9. The van der Waals surface area contributed by atoms with Crippen molar-refractivity contribution < 1.29 is 36.6 Å². The Bertz CT molecular complexity index is 1480. The molecule has 4 rings (SSSR count). The molecule has 1 fully saturated rings. The first-order chi connectivity index (χ1) is 21.2. The van der Waals surface area contributed by atoms with E-state index in [9.17, 15) is 18.4 Å². The van der Waals surface area contributed by atoms with E-state index in [1.165, 1.54) is 11.8 Å². The van der Waals surface area contributed by atoms with Gasteiger partial charge in [-0.3, -0.25) is 4.79 Å². The second kappa shape index (κ2) is 13.4. The Morgan fingerprint density at radius 3 is 2.36 bits per heavy atom. The lowest BCUT2D eigenvalue weighted by Gasteiger charge is -2.46. The summed E-state index contributed by atoms with van der Waals surface area (Å²) in [5.74, 6) is -6.25. The molecular weight excluding hydrogens is 596 g/mol. The molecular formula is C31H38F4N6O4. The number of nitrogens with zero attached hydrogens (tertiary/aromatic N) is 4. The molecule has 45 heavy (non-hydrogen) atoms. The lowest BCUT2D eigenvalue weighted by atomic mass is 9.72. The van der Waals surface area contributed by atoms with Gasteiger partial charge in [0.1, 0.15) is 22.6 Å². The highest BCUT2D eigenvalue weighted by molar-refractivity contribution is 6.00. The number of halogens is 4. The number of rotatable bonds is 14. The van der Waals surface area contributed by atoms with Crippen molar-refractivity contribution in [2.45, 2.75) is 83.7 Å². The van der Waals surface area contributed by atoms with Crippen molar-refractivity contribution in [3.63, 3.8) is 0 Å². The Balaban J connectivity index is 1.73. The molecule has 1 aliphatic rings. The maximum Gasteiger partial charge on any atom is 0.318 e. The number of nitrogens with one attached hydrogen (secondary N) is 2. The van der Waals surface area contributed by atoms with Crippen LogP contribution < -0.4 is 14.8 Å². The van der Waals surface area contributed by atoms with Crippen LogP contribution in [0, 0.1) is 6.92 Å². The summed E-state index contributed by atoms with van der Waals surface area (Å²) in [4.78, 5) is 27.8. The van der Waals surface area contributed by atoms with E-state index < -0.39 is 61.7 Å². The van der Waals surface area contributed by atoms with E-state index in [1.807, 2.05) is 0 Å². The first-order valence-corrected chi connectivity index (χ1v) is 14.8. The van der Waals surface area contributed by atoms with Crippen LogP contribution in [0.5, 0.6) is 11.5 Å². The molecule has 0 spiro atoms. The Kier molecular flexibility index (Phi) is 10.0. The van der Waals surface area contributed by atoms with E-state index in [2.05, 4.69) is 25.9 Å². The smallest absolute Gasteiger partial charge is 0.318 e. The highest BCUT2D eigenvalue weighted by Crippen LogP contribution is 2.51. The number of tetrazole rings is 1. The summed E-state index contributed by atoms with van der Waals surface area (Å²) >= 11 is 0. The van der Waals surface area contributed by atoms with Crippen LogP contribution in [0.2, 0.25) is 0 Å². The zero-order chi connectivity index (χ0) is 33.0. The minimum atomic E-state index is -3.20. The molecule has 1 unspecified atom stereocenters. The van der Waals surface area contributed by atoms with Crippen LogP contribution in [0.4, 0.5) is 22.4 Å². The molecule has 0 bridgehead atoms. The van der Waals surface area contributed by atoms with Crippen molar-refractivity contribution in [1.29, 1.82) is 0 Å². The average molecular weight is 635 g/mol. The van der Waals surface area contributed by atoms with Gasteiger partial charge in [0.05, 0.1) is 19.3 Å². The number of H-pyrrole nitrogens is 1. The number of carbonyl (C=O) groups is 2. The van der Waals surface area contributed by atoms with Crippen LogP contribution in [0.1, 0.15) is 85.9 Å². The number of aromatic amines is 1. The van der Waals surface area contributed by atoms with Crippen molar-refractivity contribution >= 4 is 11.8 Å². The number of ketones is 1. The molecule has 10 nitrogen and oxygen atoms in total. The number of carbonyl (C=O) groups excluding carboxylic acids is 2. The van der Waals surface area contributed by atoms with Crippen molar-refractivity contribution in [2.75, 3.05) is 19.8 Å². The number of urea groups is 1. The maximum absolute atomic E-state index is 15.3. The summed E-state index contributed by atoms with van der Waals surface area (Å²) in [5.41, 5.74) is -0.0163. The van der Waals surface area contributed by atoms with Crippen molar-refractivity contribution in [2.24, 2.45) is 0 Å². The van der Waals surface area contributed by atoms with Gasteiger partial charge < -0.3 is 19.7 Å². The summed E-state index contributed by atoms with van der Waals surface area (Å²) in [6.07, 6.45) is -2.84. The number of hydrogen-bond acceptors (Lipinski definition) is 7. The minimum Gasteiger partial charge on any atom is -0.493 e. The molecule has 14 heteroatoms. The third-order valence-electron chi connectivity index (χ3n) is 7.92. The number of ether oxygens (including phenoxy) is 2. The van der Waals surface area contributed by atoms with Crippen molar-refractivity contribution in [3.05, 3.63) is 64.5 Å². The Morgan fingerprint density at radius 1 is 1.13 bits per heavy atom. The SMILES string of the molecule is CCOc1cc(C(C)N(CCC(F)(F)Cc2ccccc2)C(=O)NC2(c3nn[nH]n3)CC(F)(F)C2)c(C)c(OCC)c1C(C)=O. The highest BCUT2D eigenvalue weighted by atomic mass is 19.3. The lowest BCUT2D eigenvalue weighted by Crippen LogP contribution is -2.62. The fraction of sp³-hybridized carbons (Fsp3) is 0.516. The van der Waals surface area contributed by atoms with Gasteiger partial charge >= 0.3 is 6.03 Å². The second-order valence-electron chi connectivity index (χ2n) is 11.3. The van der Waals surface area contributed by atoms with E-state index in [0.29, 0.717) is 16.7 Å². The summed E-state index contributed by atoms with van der Waals surface area (Å²) in [5, 5.41) is 15.9. The van der Waals surface area contributed by atoms with Crippen molar-refractivity contribution in [1.82, 2.24) is 30.8 Å². The average Bonchev–Trinajstić information content (AvgIpc) is 3.49. The molecule has 1 atom stereocenters. The van der Waals surface area contributed by atoms with E-state index in [1.54, 1.807) is 64.1 Å². The number of Topliss-reactive ketones (excluding diaryl/α,β-unsaturated/α-hetero) is 1. The Morgan fingerprint density at radius 2 is 1.80 bits per heavy atom. The predicted molar refractivity (Wildman–Crippen MR) is 157 cm³/mol. The lowest BCUT2D eigenvalue weighted by molar-refractivity contribution is -0.137. The molecule has 2 amide bonds. The van der Waals surface area contributed by atoms with E-state index in [4.69, 9.17) is 9.47 Å². The zero-order valence-electron chi connectivity index (χ0n) is 25.9. The van der Waals surface area contributed by atoms with Gasteiger partial charge in [-0.05, 0) is 57.4 Å². The summed E-state index contributed by atoms with van der Waals surface area (Å²) in [6.45, 7) is 8.21. The van der Waals surface area contributed by atoms with Crippen molar-refractivity contribution in [3.8, 4) is 11.5 Å². The molecule has 2 aromatic carbocycles. The van der Waals surface area contributed by atoms with E-state index >= 15 is 8.78 Å². The summed E-state index contributed by atoms with van der Waals surface area (Å²) in [7, 11) is 0. The quantitative estimate of drug-likeness (QED) is 0.161. The minimum absolute atomic E-state index is 0.136. The normalized spacial score (nSPS) is 15.9. The maximum atomic E-state index is 15.3. The molecule has 1 aromatic heterocycles. The number of amides is 2. The molecule has 2 N–H and O–H groups in total. The molecule has 0 saturated heterocycles. The monoisotopic (exact) mass is 634 g/mol. The molecule has 244 valence electrons. The number of alkyl halides is 4. The van der Waals surface area contributed by atoms with Gasteiger partial charge in [-0.25, -0.2) is 22.4 Å². The largest absolute Gasteiger partial charge is 0.493 e. The molecule has 1 saturated carbocycles. The fourth-order valence-corrected chi connectivity index (χ4v) is 5.79. The standard InChI is InChI=1S/C31H38F4N6O4/c1-6-44-24-15-23(19(3)26(45-7-2)25(24)21(5)42)20(4)41(14-13-30(32,33)16-22-11-9-8-10-12-22)28(43)36-29(17-31(34,35)18-29)27-37-39-40-38-27/h8-12,15,20H,6-7,13-14,16-18H2,1-5H3,(H,36,43)(H,37,38,39,40). The van der Waals surface area contributed by atoms with Gasteiger partial charge in [0.25, 0.3) is 11.8 Å². The van der Waals surface area contributed by atoms with Crippen LogP contribution in [-0.4, -0.2) is 68.9 Å². The van der Waals surface area contributed by atoms with Gasteiger partial charge in [-0.2, -0.15) is 5.21 Å². The molecule has 1 heterocycles. The summed E-state index contributed by atoms with van der Waals surface area (Å²) < 4.78 is 70.7. The number of benzene rings is 2. The van der Waals surface area contributed by atoms with Crippen LogP contribution in [0.15, 0.2) is 36.4 Å². The predicted octanol–water partition coefficient (Wildman–Crippen LogP) is 6.17. The van der Waals surface area contributed by atoms with Gasteiger partial charge in [-0.15, -0.1) is 10.2 Å². The molecule has 1 aliphatic carbocycles. The van der Waals surface area contributed by atoms with Gasteiger partial charge in [0.2, 0.25) is 0 Å². The third kappa shape index (κ3) is 7.54. The van der Waals surface area contributed by atoms with Gasteiger partial charge in [0, 0.05) is 32.2 Å². The van der Waals surface area contributed by atoms with Crippen LogP contribution in [0.25, 0.3) is 0 Å².